The Balaban J connectivity index is 1.87. The molecule has 3 aromatic rings. The summed E-state index contributed by atoms with van der Waals surface area (Å²) >= 11 is 0. The standard InChI is InChI=1S/C29H29NO4/c1-5-34-24-16-13-22(17-19(24)4)27(31)25-26(21-9-7-6-8-10-21)30(29(33)28(25)32)23-14-11-20(12-15-23)18(2)3/h6-18,26,31H,5H2,1-4H3/b27-25-. The first-order valence-electron chi connectivity index (χ1n) is 11.5. The Hall–Kier alpha value is -3.86. The number of carbonyl (C=O) groups excluding carboxylic acids is 2. The number of carbonyl (C=O) groups is 2. The zero-order valence-electron chi connectivity index (χ0n) is 19.9. The van der Waals surface area contributed by atoms with Crippen molar-refractivity contribution in [2.24, 2.45) is 0 Å². The number of aliphatic hydroxyl groups is 1. The second kappa shape index (κ2) is 9.56. The Kier molecular flexibility index (Phi) is 6.55. The molecular weight excluding hydrogens is 426 g/mol. The van der Waals surface area contributed by atoms with Crippen molar-refractivity contribution >= 4 is 23.1 Å². The molecule has 1 fully saturated rings. The van der Waals surface area contributed by atoms with Crippen molar-refractivity contribution in [2.45, 2.75) is 39.7 Å². The number of amides is 1. The number of nitrogens with zero attached hydrogens (tertiary/aromatic N) is 1. The highest BCUT2D eigenvalue weighted by Gasteiger charge is 2.46. The zero-order valence-corrected chi connectivity index (χ0v) is 19.9. The van der Waals surface area contributed by atoms with Crippen LogP contribution in [0, 0.1) is 6.92 Å². The Labute approximate surface area is 200 Å². The summed E-state index contributed by atoms with van der Waals surface area (Å²) in [6.45, 7) is 8.52. The number of anilines is 1. The van der Waals surface area contributed by atoms with E-state index in [0.29, 0.717) is 29.5 Å². The molecule has 5 heteroatoms. The highest BCUT2D eigenvalue weighted by atomic mass is 16.5. The van der Waals surface area contributed by atoms with E-state index in [1.165, 1.54) is 4.90 Å². The van der Waals surface area contributed by atoms with Crippen LogP contribution in [-0.4, -0.2) is 23.4 Å². The summed E-state index contributed by atoms with van der Waals surface area (Å²) in [5, 5.41) is 11.3. The summed E-state index contributed by atoms with van der Waals surface area (Å²) in [6.07, 6.45) is 0. The van der Waals surface area contributed by atoms with Crippen LogP contribution in [-0.2, 0) is 9.59 Å². The predicted octanol–water partition coefficient (Wildman–Crippen LogP) is 6.14. The topological polar surface area (TPSA) is 66.8 Å². The molecule has 0 aromatic heterocycles. The zero-order chi connectivity index (χ0) is 24.4. The first-order valence-corrected chi connectivity index (χ1v) is 11.5. The van der Waals surface area contributed by atoms with E-state index < -0.39 is 17.7 Å². The smallest absolute Gasteiger partial charge is 0.300 e. The van der Waals surface area contributed by atoms with Crippen LogP contribution < -0.4 is 9.64 Å². The van der Waals surface area contributed by atoms with Gasteiger partial charge in [0.25, 0.3) is 11.7 Å². The minimum atomic E-state index is -0.738. The first kappa shape index (κ1) is 23.3. The normalized spacial score (nSPS) is 17.4. The number of ether oxygens (including phenoxy) is 1. The highest BCUT2D eigenvalue weighted by molar-refractivity contribution is 6.51. The van der Waals surface area contributed by atoms with Gasteiger partial charge in [-0.25, -0.2) is 0 Å². The number of aryl methyl sites for hydroxylation is 1. The molecule has 0 radical (unpaired) electrons. The molecule has 174 valence electrons. The summed E-state index contributed by atoms with van der Waals surface area (Å²) in [7, 11) is 0. The molecule has 5 nitrogen and oxygen atoms in total. The summed E-state index contributed by atoms with van der Waals surface area (Å²) in [4.78, 5) is 28.0. The maximum absolute atomic E-state index is 13.3. The van der Waals surface area contributed by atoms with Crippen molar-refractivity contribution in [3.8, 4) is 5.75 Å². The molecule has 1 atom stereocenters. The van der Waals surface area contributed by atoms with Crippen LogP contribution in [0.5, 0.6) is 5.75 Å². The Morgan fingerprint density at radius 2 is 1.68 bits per heavy atom. The number of benzene rings is 3. The third-order valence-electron chi connectivity index (χ3n) is 6.15. The lowest BCUT2D eigenvalue weighted by Crippen LogP contribution is -2.29. The van der Waals surface area contributed by atoms with E-state index in [9.17, 15) is 14.7 Å². The Morgan fingerprint density at radius 3 is 2.26 bits per heavy atom. The third-order valence-corrected chi connectivity index (χ3v) is 6.15. The summed E-state index contributed by atoms with van der Waals surface area (Å²) in [5.41, 5.74) is 3.88. The second-order valence-corrected chi connectivity index (χ2v) is 8.74. The third kappa shape index (κ3) is 4.21. The molecule has 1 unspecified atom stereocenters. The van der Waals surface area contributed by atoms with Gasteiger partial charge in [-0.1, -0.05) is 56.3 Å². The van der Waals surface area contributed by atoms with E-state index in [1.54, 1.807) is 18.2 Å². The number of hydrogen-bond donors (Lipinski definition) is 1. The highest BCUT2D eigenvalue weighted by Crippen LogP contribution is 2.42. The molecule has 1 heterocycles. The lowest BCUT2D eigenvalue weighted by Gasteiger charge is -2.26. The van der Waals surface area contributed by atoms with Gasteiger partial charge in [0.1, 0.15) is 11.5 Å². The van der Waals surface area contributed by atoms with Gasteiger partial charge in [0, 0.05) is 11.3 Å². The minimum Gasteiger partial charge on any atom is -0.507 e. The number of hydrogen-bond acceptors (Lipinski definition) is 4. The van der Waals surface area contributed by atoms with E-state index >= 15 is 0 Å². The first-order chi connectivity index (χ1) is 16.3. The maximum atomic E-state index is 13.3. The van der Waals surface area contributed by atoms with Gasteiger partial charge in [-0.2, -0.15) is 0 Å². The van der Waals surface area contributed by atoms with Crippen molar-refractivity contribution in [3.63, 3.8) is 0 Å². The fourth-order valence-corrected chi connectivity index (χ4v) is 4.34. The largest absolute Gasteiger partial charge is 0.507 e. The molecule has 0 saturated carbocycles. The summed E-state index contributed by atoms with van der Waals surface area (Å²) in [5.74, 6) is -0.498. The Morgan fingerprint density at radius 1 is 1.00 bits per heavy atom. The maximum Gasteiger partial charge on any atom is 0.300 e. The number of Topliss-reactive ketones (excluding diaryl/α,β-unsaturated/α-hetero) is 1. The van der Waals surface area contributed by atoms with E-state index in [0.717, 1.165) is 16.7 Å². The monoisotopic (exact) mass is 455 g/mol. The van der Waals surface area contributed by atoms with Crippen molar-refractivity contribution in [3.05, 3.63) is 101 Å². The molecule has 3 aromatic carbocycles. The van der Waals surface area contributed by atoms with E-state index in [4.69, 9.17) is 4.74 Å². The number of rotatable bonds is 6. The molecule has 34 heavy (non-hydrogen) atoms. The average molecular weight is 456 g/mol. The van der Waals surface area contributed by atoms with Crippen LogP contribution in [0.25, 0.3) is 5.76 Å². The molecule has 1 amide bonds. The molecule has 0 aliphatic carbocycles. The van der Waals surface area contributed by atoms with Gasteiger partial charge in [-0.15, -0.1) is 0 Å². The number of ketones is 1. The van der Waals surface area contributed by atoms with Crippen molar-refractivity contribution < 1.29 is 19.4 Å². The molecular formula is C29H29NO4. The molecule has 0 spiro atoms. The van der Waals surface area contributed by atoms with Crippen molar-refractivity contribution in [2.75, 3.05) is 11.5 Å². The van der Waals surface area contributed by atoms with Crippen LogP contribution >= 0.6 is 0 Å². The van der Waals surface area contributed by atoms with Gasteiger partial charge < -0.3 is 9.84 Å². The SMILES string of the molecule is CCOc1ccc(/C(O)=C2/C(=O)C(=O)N(c3ccc(C(C)C)cc3)C2c2ccccc2)cc1C. The summed E-state index contributed by atoms with van der Waals surface area (Å²) < 4.78 is 5.60. The van der Waals surface area contributed by atoms with E-state index in [-0.39, 0.29) is 11.3 Å². The van der Waals surface area contributed by atoms with E-state index in [1.807, 2.05) is 68.4 Å². The van der Waals surface area contributed by atoms with Crippen LogP contribution in [0.4, 0.5) is 5.69 Å². The van der Waals surface area contributed by atoms with Crippen LogP contribution in [0.3, 0.4) is 0 Å². The predicted molar refractivity (Wildman–Crippen MR) is 134 cm³/mol. The quantitative estimate of drug-likeness (QED) is 0.275. The van der Waals surface area contributed by atoms with Crippen LogP contribution in [0.1, 0.15) is 55.0 Å². The molecule has 4 rings (SSSR count). The minimum absolute atomic E-state index is 0.0766. The fraction of sp³-hybridized carbons (Fsp3) is 0.241. The molecule has 1 aliphatic heterocycles. The van der Waals surface area contributed by atoms with Gasteiger partial charge in [-0.05, 0) is 66.8 Å². The fourth-order valence-electron chi connectivity index (χ4n) is 4.34. The van der Waals surface area contributed by atoms with Gasteiger partial charge in [0.05, 0.1) is 18.2 Å². The van der Waals surface area contributed by atoms with Crippen molar-refractivity contribution in [1.29, 1.82) is 0 Å². The molecule has 1 aliphatic rings. The number of aliphatic hydroxyl groups excluding tert-OH is 1. The lowest BCUT2D eigenvalue weighted by molar-refractivity contribution is -0.132. The van der Waals surface area contributed by atoms with Gasteiger partial charge in [-0.3, -0.25) is 14.5 Å². The Bertz CT molecular complexity index is 1240. The van der Waals surface area contributed by atoms with Crippen molar-refractivity contribution in [1.82, 2.24) is 0 Å². The average Bonchev–Trinajstić information content (AvgIpc) is 3.11. The van der Waals surface area contributed by atoms with Crippen LogP contribution in [0.2, 0.25) is 0 Å². The van der Waals surface area contributed by atoms with Crippen LogP contribution in [0.15, 0.2) is 78.4 Å². The second-order valence-electron chi connectivity index (χ2n) is 8.74. The molecule has 1 N–H and O–H groups in total. The summed E-state index contributed by atoms with van der Waals surface area (Å²) in [6, 6.07) is 21.5. The lowest BCUT2D eigenvalue weighted by atomic mass is 9.94. The van der Waals surface area contributed by atoms with Gasteiger partial charge >= 0.3 is 0 Å². The molecule has 1 saturated heterocycles. The molecule has 0 bridgehead atoms. The van der Waals surface area contributed by atoms with E-state index in [2.05, 4.69) is 13.8 Å². The van der Waals surface area contributed by atoms with Gasteiger partial charge in [0.15, 0.2) is 0 Å². The van der Waals surface area contributed by atoms with Gasteiger partial charge in [0.2, 0.25) is 0 Å².